The zero-order chi connectivity index (χ0) is 11.4. The number of hydrogen-bond donors (Lipinski definition) is 2. The summed E-state index contributed by atoms with van der Waals surface area (Å²) >= 11 is 5.94. The Bertz CT molecular complexity index is 377. The number of piperidine rings is 1. The van der Waals surface area contributed by atoms with E-state index in [1.165, 1.54) is 0 Å². The first kappa shape index (κ1) is 11.4. The van der Waals surface area contributed by atoms with Crippen LogP contribution in [0.2, 0.25) is 5.02 Å². The Balaban J connectivity index is 1.99. The molecule has 0 aromatic carbocycles. The zero-order valence-corrected chi connectivity index (χ0v) is 9.63. The molecular formula is C11H14ClN3O. The highest BCUT2D eigenvalue weighted by molar-refractivity contribution is 6.33. The molecule has 2 heterocycles. The van der Waals surface area contributed by atoms with Crippen LogP contribution in [-0.4, -0.2) is 24.0 Å². The van der Waals surface area contributed by atoms with Crippen molar-refractivity contribution in [3.05, 3.63) is 23.5 Å². The third-order valence-corrected chi connectivity index (χ3v) is 3.07. The summed E-state index contributed by atoms with van der Waals surface area (Å²) in [6, 6.07) is 1.67. The maximum Gasteiger partial charge on any atom is 0.227 e. The Morgan fingerprint density at radius 3 is 2.94 bits per heavy atom. The third-order valence-electron chi connectivity index (χ3n) is 2.74. The highest BCUT2D eigenvalue weighted by Gasteiger charge is 2.21. The van der Waals surface area contributed by atoms with Crippen LogP contribution in [0.5, 0.6) is 0 Å². The Labute approximate surface area is 99.4 Å². The van der Waals surface area contributed by atoms with Crippen LogP contribution in [-0.2, 0) is 4.79 Å². The van der Waals surface area contributed by atoms with E-state index in [4.69, 9.17) is 11.6 Å². The molecule has 86 valence electrons. The van der Waals surface area contributed by atoms with E-state index in [9.17, 15) is 4.79 Å². The van der Waals surface area contributed by atoms with E-state index >= 15 is 0 Å². The third kappa shape index (κ3) is 2.71. The molecule has 1 fully saturated rings. The van der Waals surface area contributed by atoms with E-state index in [0.29, 0.717) is 10.7 Å². The van der Waals surface area contributed by atoms with Gasteiger partial charge in [0.2, 0.25) is 5.91 Å². The fraction of sp³-hybridized carbons (Fsp3) is 0.455. The average Bonchev–Trinajstić information content (AvgIpc) is 2.33. The van der Waals surface area contributed by atoms with Gasteiger partial charge in [0.15, 0.2) is 0 Å². The number of hydrogen-bond acceptors (Lipinski definition) is 3. The van der Waals surface area contributed by atoms with Crippen LogP contribution < -0.4 is 10.6 Å². The summed E-state index contributed by atoms with van der Waals surface area (Å²) in [7, 11) is 0. The lowest BCUT2D eigenvalue weighted by Gasteiger charge is -2.21. The fourth-order valence-electron chi connectivity index (χ4n) is 1.79. The summed E-state index contributed by atoms with van der Waals surface area (Å²) in [6.07, 6.45) is 4.93. The lowest BCUT2D eigenvalue weighted by Crippen LogP contribution is -2.34. The van der Waals surface area contributed by atoms with E-state index < -0.39 is 0 Å². The molecule has 0 unspecified atom stereocenters. The number of nitrogens with one attached hydrogen (secondary N) is 2. The summed E-state index contributed by atoms with van der Waals surface area (Å²) in [5, 5.41) is 6.57. The molecule has 0 spiro atoms. The van der Waals surface area contributed by atoms with Gasteiger partial charge >= 0.3 is 0 Å². The molecule has 1 aliphatic rings. The van der Waals surface area contributed by atoms with Gasteiger partial charge in [-0.3, -0.25) is 9.78 Å². The van der Waals surface area contributed by atoms with Crippen LogP contribution in [0.3, 0.4) is 0 Å². The van der Waals surface area contributed by atoms with Crippen LogP contribution in [0.1, 0.15) is 12.8 Å². The monoisotopic (exact) mass is 239 g/mol. The van der Waals surface area contributed by atoms with Crippen molar-refractivity contribution in [2.75, 3.05) is 18.4 Å². The molecule has 0 atom stereocenters. The highest BCUT2D eigenvalue weighted by Crippen LogP contribution is 2.21. The van der Waals surface area contributed by atoms with Gasteiger partial charge in [-0.1, -0.05) is 11.6 Å². The summed E-state index contributed by atoms with van der Waals surface area (Å²) in [5.74, 6) is 0.119. The second-order valence-electron chi connectivity index (χ2n) is 3.87. The second-order valence-corrected chi connectivity index (χ2v) is 4.28. The largest absolute Gasteiger partial charge is 0.323 e. The molecular weight excluding hydrogens is 226 g/mol. The van der Waals surface area contributed by atoms with Crippen molar-refractivity contribution in [3.8, 4) is 0 Å². The van der Waals surface area contributed by atoms with Crippen molar-refractivity contribution >= 4 is 23.2 Å². The fourth-order valence-corrected chi connectivity index (χ4v) is 1.94. The molecule has 0 saturated carbocycles. The standard InChI is InChI=1S/C11H14ClN3O/c12-9-3-6-14-7-10(9)15-11(16)8-1-4-13-5-2-8/h3,6-8,13H,1-2,4-5H2,(H,15,16). The maximum absolute atomic E-state index is 11.9. The summed E-state index contributed by atoms with van der Waals surface area (Å²) in [4.78, 5) is 15.8. The number of anilines is 1. The average molecular weight is 240 g/mol. The Morgan fingerprint density at radius 2 is 2.25 bits per heavy atom. The number of halogens is 1. The number of carbonyl (C=O) groups is 1. The molecule has 4 nitrogen and oxygen atoms in total. The molecule has 0 aliphatic carbocycles. The van der Waals surface area contributed by atoms with Gasteiger partial charge in [0.25, 0.3) is 0 Å². The highest BCUT2D eigenvalue weighted by atomic mass is 35.5. The Kier molecular flexibility index (Phi) is 3.74. The first-order valence-corrected chi connectivity index (χ1v) is 5.76. The number of carbonyl (C=O) groups excluding carboxylic acids is 1. The van der Waals surface area contributed by atoms with Gasteiger partial charge in [-0.2, -0.15) is 0 Å². The van der Waals surface area contributed by atoms with Gasteiger partial charge in [0.05, 0.1) is 16.9 Å². The summed E-state index contributed by atoms with van der Waals surface area (Å²) in [5.41, 5.74) is 0.590. The van der Waals surface area contributed by atoms with Crippen LogP contribution in [0.4, 0.5) is 5.69 Å². The first-order valence-electron chi connectivity index (χ1n) is 5.38. The van der Waals surface area contributed by atoms with Gasteiger partial charge in [0, 0.05) is 12.1 Å². The van der Waals surface area contributed by atoms with Crippen molar-refractivity contribution in [2.24, 2.45) is 5.92 Å². The Hall–Kier alpha value is -1.13. The number of rotatable bonds is 2. The van der Waals surface area contributed by atoms with Gasteiger partial charge in [-0.25, -0.2) is 0 Å². The van der Waals surface area contributed by atoms with Crippen LogP contribution >= 0.6 is 11.6 Å². The maximum atomic E-state index is 11.9. The number of pyridine rings is 1. The van der Waals surface area contributed by atoms with Gasteiger partial charge in [0.1, 0.15) is 0 Å². The molecule has 2 N–H and O–H groups in total. The van der Waals surface area contributed by atoms with Crippen molar-refractivity contribution in [2.45, 2.75) is 12.8 Å². The van der Waals surface area contributed by atoms with E-state index in [1.807, 2.05) is 0 Å². The molecule has 5 heteroatoms. The van der Waals surface area contributed by atoms with Crippen molar-refractivity contribution in [3.63, 3.8) is 0 Å². The Morgan fingerprint density at radius 1 is 1.50 bits per heavy atom. The zero-order valence-electron chi connectivity index (χ0n) is 8.87. The van der Waals surface area contributed by atoms with Crippen LogP contribution in [0.15, 0.2) is 18.5 Å². The number of amides is 1. The first-order chi connectivity index (χ1) is 7.77. The normalized spacial score (nSPS) is 17.1. The molecule has 0 radical (unpaired) electrons. The van der Waals surface area contributed by atoms with Gasteiger partial charge in [-0.15, -0.1) is 0 Å². The minimum absolute atomic E-state index is 0.0383. The smallest absolute Gasteiger partial charge is 0.227 e. The number of aromatic nitrogens is 1. The van der Waals surface area contributed by atoms with Crippen molar-refractivity contribution < 1.29 is 4.79 Å². The van der Waals surface area contributed by atoms with Gasteiger partial charge < -0.3 is 10.6 Å². The minimum Gasteiger partial charge on any atom is -0.323 e. The predicted molar refractivity (Wildman–Crippen MR) is 63.5 cm³/mol. The van der Waals surface area contributed by atoms with Gasteiger partial charge in [-0.05, 0) is 32.0 Å². The quantitative estimate of drug-likeness (QED) is 0.826. The van der Waals surface area contributed by atoms with E-state index in [-0.39, 0.29) is 11.8 Å². The lowest BCUT2D eigenvalue weighted by molar-refractivity contribution is -0.120. The molecule has 0 bridgehead atoms. The molecule has 1 aromatic rings. The molecule has 1 amide bonds. The molecule has 16 heavy (non-hydrogen) atoms. The summed E-state index contributed by atoms with van der Waals surface area (Å²) in [6.45, 7) is 1.80. The SMILES string of the molecule is O=C(Nc1cnccc1Cl)C1CCNCC1. The molecule has 1 saturated heterocycles. The second kappa shape index (κ2) is 5.27. The topological polar surface area (TPSA) is 54.0 Å². The van der Waals surface area contributed by atoms with E-state index in [1.54, 1.807) is 18.5 Å². The number of nitrogens with zero attached hydrogens (tertiary/aromatic N) is 1. The van der Waals surface area contributed by atoms with E-state index in [0.717, 1.165) is 25.9 Å². The summed E-state index contributed by atoms with van der Waals surface area (Å²) < 4.78 is 0. The molecule has 1 aliphatic heterocycles. The van der Waals surface area contributed by atoms with Crippen molar-refractivity contribution in [1.29, 1.82) is 0 Å². The van der Waals surface area contributed by atoms with Crippen LogP contribution in [0, 0.1) is 5.92 Å². The molecule has 1 aromatic heterocycles. The minimum atomic E-state index is 0.0383. The van der Waals surface area contributed by atoms with E-state index in [2.05, 4.69) is 15.6 Å². The predicted octanol–water partition coefficient (Wildman–Crippen LogP) is 1.67. The van der Waals surface area contributed by atoms with Crippen molar-refractivity contribution in [1.82, 2.24) is 10.3 Å². The lowest BCUT2D eigenvalue weighted by atomic mass is 9.97. The molecule has 2 rings (SSSR count). The van der Waals surface area contributed by atoms with Crippen LogP contribution in [0.25, 0.3) is 0 Å².